The van der Waals surface area contributed by atoms with Crippen LogP contribution in [0, 0.1) is 0 Å². The van der Waals surface area contributed by atoms with Crippen molar-refractivity contribution in [1.29, 1.82) is 0 Å². The van der Waals surface area contributed by atoms with Crippen molar-refractivity contribution in [3.05, 3.63) is 35.4 Å². The highest BCUT2D eigenvalue weighted by atomic mass is 19.4. The molecule has 1 aromatic carbocycles. The maximum absolute atomic E-state index is 13.1. The van der Waals surface area contributed by atoms with Crippen molar-refractivity contribution in [2.45, 2.75) is 56.2 Å². The number of hydrogen-bond donors (Lipinski definition) is 1. The van der Waals surface area contributed by atoms with Gasteiger partial charge in [-0.25, -0.2) is 0 Å². The van der Waals surface area contributed by atoms with Crippen molar-refractivity contribution in [2.75, 3.05) is 13.1 Å². The van der Waals surface area contributed by atoms with Gasteiger partial charge in [-0.3, -0.25) is 4.79 Å². The molecule has 1 fully saturated rings. The second-order valence-corrected chi connectivity index (χ2v) is 7.16. The average Bonchev–Trinajstić information content (AvgIpc) is 2.54. The second kappa shape index (κ2) is 5.76. The minimum Gasteiger partial charge on any atom is -0.380 e. The standard InChI is InChI=1S/C18H22F3NO2/c1-16(8-4-6-13-5-2-3-7-14(13)16)15(23)22-11-9-17(24,10-12-22)18(19,20)21/h2-3,5,7,24H,4,6,8-12H2,1H3. The number of aliphatic hydroxyl groups is 1. The van der Waals surface area contributed by atoms with Gasteiger partial charge >= 0.3 is 6.18 Å². The zero-order valence-electron chi connectivity index (χ0n) is 13.7. The molecule has 1 heterocycles. The molecule has 24 heavy (non-hydrogen) atoms. The third-order valence-electron chi connectivity index (χ3n) is 5.61. The van der Waals surface area contributed by atoms with Gasteiger partial charge in [-0.15, -0.1) is 0 Å². The van der Waals surface area contributed by atoms with Crippen LogP contribution in [-0.2, 0) is 16.6 Å². The highest BCUT2D eigenvalue weighted by Crippen LogP contribution is 2.42. The Kier molecular flexibility index (Phi) is 4.14. The fraction of sp³-hybridized carbons (Fsp3) is 0.611. The first kappa shape index (κ1) is 17.3. The van der Waals surface area contributed by atoms with Gasteiger partial charge in [-0.05, 0) is 37.3 Å². The van der Waals surface area contributed by atoms with E-state index in [4.69, 9.17) is 0 Å². The molecule has 1 aliphatic heterocycles. The molecule has 1 aromatic rings. The fourth-order valence-corrected chi connectivity index (χ4v) is 3.98. The summed E-state index contributed by atoms with van der Waals surface area (Å²) >= 11 is 0. The van der Waals surface area contributed by atoms with Crippen LogP contribution in [0.2, 0.25) is 0 Å². The molecule has 1 aliphatic carbocycles. The van der Waals surface area contributed by atoms with Crippen LogP contribution >= 0.6 is 0 Å². The van der Waals surface area contributed by atoms with E-state index in [9.17, 15) is 23.1 Å². The first-order valence-corrected chi connectivity index (χ1v) is 8.34. The van der Waals surface area contributed by atoms with E-state index < -0.39 is 30.0 Å². The number of nitrogens with zero attached hydrogens (tertiary/aromatic N) is 1. The number of carbonyl (C=O) groups excluding carboxylic acids is 1. The molecule has 1 N–H and O–H groups in total. The Balaban J connectivity index is 1.79. The summed E-state index contributed by atoms with van der Waals surface area (Å²) < 4.78 is 38.8. The number of alkyl halides is 3. The summed E-state index contributed by atoms with van der Waals surface area (Å²) in [5, 5.41) is 9.78. The topological polar surface area (TPSA) is 40.5 Å². The van der Waals surface area contributed by atoms with Gasteiger partial charge in [0.05, 0.1) is 5.41 Å². The molecule has 2 aliphatic rings. The lowest BCUT2D eigenvalue weighted by atomic mass is 9.70. The Bertz CT molecular complexity index is 635. The number of aryl methyl sites for hydroxylation is 1. The predicted molar refractivity (Wildman–Crippen MR) is 83.6 cm³/mol. The van der Waals surface area contributed by atoms with Gasteiger partial charge in [0.25, 0.3) is 0 Å². The highest BCUT2D eigenvalue weighted by molar-refractivity contribution is 5.88. The van der Waals surface area contributed by atoms with Crippen LogP contribution in [0.3, 0.4) is 0 Å². The lowest BCUT2D eigenvalue weighted by Gasteiger charge is -2.43. The van der Waals surface area contributed by atoms with Crippen LogP contribution in [0.5, 0.6) is 0 Å². The Hall–Kier alpha value is -1.56. The number of rotatable bonds is 1. The van der Waals surface area contributed by atoms with Gasteiger partial charge in [-0.2, -0.15) is 13.2 Å². The van der Waals surface area contributed by atoms with Crippen LogP contribution in [0.15, 0.2) is 24.3 Å². The summed E-state index contributed by atoms with van der Waals surface area (Å²) in [6, 6.07) is 7.80. The Morgan fingerprint density at radius 3 is 2.42 bits per heavy atom. The largest absolute Gasteiger partial charge is 0.417 e. The number of piperidine rings is 1. The van der Waals surface area contributed by atoms with E-state index in [-0.39, 0.29) is 19.0 Å². The van der Waals surface area contributed by atoms with Crippen LogP contribution in [-0.4, -0.2) is 40.8 Å². The molecule has 0 radical (unpaired) electrons. The third-order valence-corrected chi connectivity index (χ3v) is 5.61. The number of fused-ring (bicyclic) bond motifs is 1. The van der Waals surface area contributed by atoms with Gasteiger partial charge in [0.2, 0.25) is 5.91 Å². The molecule has 3 nitrogen and oxygen atoms in total. The Morgan fingerprint density at radius 1 is 1.17 bits per heavy atom. The van der Waals surface area contributed by atoms with Crippen LogP contribution in [0.25, 0.3) is 0 Å². The van der Waals surface area contributed by atoms with E-state index in [1.165, 1.54) is 4.90 Å². The molecule has 0 bridgehead atoms. The smallest absolute Gasteiger partial charge is 0.380 e. The lowest BCUT2D eigenvalue weighted by Crippen LogP contribution is -2.57. The van der Waals surface area contributed by atoms with Gasteiger partial charge < -0.3 is 10.0 Å². The Labute approximate surface area is 139 Å². The zero-order valence-corrected chi connectivity index (χ0v) is 13.7. The molecule has 1 amide bonds. The lowest BCUT2D eigenvalue weighted by molar-refractivity contribution is -0.272. The number of benzene rings is 1. The zero-order chi connectivity index (χ0) is 17.6. The summed E-state index contributed by atoms with van der Waals surface area (Å²) in [6.45, 7) is 1.76. The second-order valence-electron chi connectivity index (χ2n) is 7.16. The Morgan fingerprint density at radius 2 is 1.79 bits per heavy atom. The molecule has 6 heteroatoms. The van der Waals surface area contributed by atoms with Crippen LogP contribution in [0.1, 0.15) is 43.7 Å². The van der Waals surface area contributed by atoms with Gasteiger partial charge in [0.15, 0.2) is 5.60 Å². The number of halogens is 3. The molecule has 3 rings (SSSR count). The first-order chi connectivity index (χ1) is 11.2. The molecule has 132 valence electrons. The van der Waals surface area contributed by atoms with Crippen molar-refractivity contribution in [3.63, 3.8) is 0 Å². The number of amides is 1. The summed E-state index contributed by atoms with van der Waals surface area (Å²) in [7, 11) is 0. The molecule has 1 unspecified atom stereocenters. The van der Waals surface area contributed by atoms with Crippen molar-refractivity contribution in [1.82, 2.24) is 4.90 Å². The molecule has 1 saturated heterocycles. The van der Waals surface area contributed by atoms with E-state index in [0.717, 1.165) is 24.0 Å². The number of carbonyl (C=O) groups is 1. The molecule has 0 saturated carbocycles. The minimum atomic E-state index is -4.65. The quantitative estimate of drug-likeness (QED) is 0.852. The van der Waals surface area contributed by atoms with Crippen molar-refractivity contribution >= 4 is 5.91 Å². The molecule has 0 spiro atoms. The maximum Gasteiger partial charge on any atom is 0.417 e. The fourth-order valence-electron chi connectivity index (χ4n) is 3.98. The average molecular weight is 341 g/mol. The molecular weight excluding hydrogens is 319 g/mol. The van der Waals surface area contributed by atoms with Crippen molar-refractivity contribution in [3.8, 4) is 0 Å². The van der Waals surface area contributed by atoms with Crippen molar-refractivity contribution < 1.29 is 23.1 Å². The molecule has 1 atom stereocenters. The maximum atomic E-state index is 13.1. The van der Waals surface area contributed by atoms with Crippen LogP contribution in [0.4, 0.5) is 13.2 Å². The minimum absolute atomic E-state index is 0.0629. The highest BCUT2D eigenvalue weighted by Gasteiger charge is 2.55. The van der Waals surface area contributed by atoms with E-state index in [1.54, 1.807) is 0 Å². The van der Waals surface area contributed by atoms with E-state index in [0.29, 0.717) is 6.42 Å². The summed E-state index contributed by atoms with van der Waals surface area (Å²) in [6.07, 6.45) is -3.06. The third kappa shape index (κ3) is 2.70. The number of hydrogen-bond acceptors (Lipinski definition) is 2. The molecule has 0 aromatic heterocycles. The van der Waals surface area contributed by atoms with E-state index in [2.05, 4.69) is 0 Å². The number of likely N-dealkylation sites (tertiary alicyclic amines) is 1. The monoisotopic (exact) mass is 341 g/mol. The van der Waals surface area contributed by atoms with Gasteiger partial charge in [-0.1, -0.05) is 24.3 Å². The van der Waals surface area contributed by atoms with Crippen LogP contribution < -0.4 is 0 Å². The van der Waals surface area contributed by atoms with Crippen molar-refractivity contribution in [2.24, 2.45) is 0 Å². The normalized spacial score (nSPS) is 26.8. The van der Waals surface area contributed by atoms with E-state index in [1.807, 2.05) is 31.2 Å². The van der Waals surface area contributed by atoms with E-state index >= 15 is 0 Å². The summed E-state index contributed by atoms with van der Waals surface area (Å²) in [5.74, 6) is -0.126. The summed E-state index contributed by atoms with van der Waals surface area (Å²) in [5.41, 5.74) is -1.24. The predicted octanol–water partition coefficient (Wildman–Crippen LogP) is 3.20. The first-order valence-electron chi connectivity index (χ1n) is 8.34. The summed E-state index contributed by atoms with van der Waals surface area (Å²) in [4.78, 5) is 14.5. The SMILES string of the molecule is CC1(C(=O)N2CCC(O)(C(F)(F)F)CC2)CCCc2ccccc21. The van der Waals surface area contributed by atoms with Gasteiger partial charge in [0, 0.05) is 25.9 Å². The molecular formula is C18H22F3NO2. The van der Waals surface area contributed by atoms with Gasteiger partial charge in [0.1, 0.15) is 0 Å².